The molecule has 1 aliphatic rings. The lowest BCUT2D eigenvalue weighted by Crippen LogP contribution is -2.32. The van der Waals surface area contributed by atoms with Crippen molar-refractivity contribution >= 4 is 18.0 Å². The molecule has 0 fully saturated rings. The minimum Gasteiger partial charge on any atom is -0.454 e. The Kier molecular flexibility index (Phi) is 6.89. The van der Waals surface area contributed by atoms with Gasteiger partial charge in [-0.2, -0.15) is 0 Å². The molecule has 1 heterocycles. The predicted octanol–water partition coefficient (Wildman–Crippen LogP) is 4.66. The highest BCUT2D eigenvalue weighted by atomic mass is 16.7. The number of Topliss-reactive ketones (excluding diaryl/α,β-unsaturated/α-hetero) is 1. The first-order chi connectivity index (χ1) is 14.1. The molecule has 1 aliphatic heterocycles. The van der Waals surface area contributed by atoms with E-state index in [0.717, 1.165) is 18.4 Å². The number of nitrogens with one attached hydrogen (secondary N) is 1. The van der Waals surface area contributed by atoms with Crippen molar-refractivity contribution in [1.82, 2.24) is 5.32 Å². The molecule has 1 N–H and O–H groups in total. The Morgan fingerprint density at radius 1 is 1.14 bits per heavy atom. The fourth-order valence-electron chi connectivity index (χ4n) is 3.15. The summed E-state index contributed by atoms with van der Waals surface area (Å²) in [5, 5.41) is 2.81. The van der Waals surface area contributed by atoms with Crippen molar-refractivity contribution in [3.05, 3.63) is 65.2 Å². The zero-order valence-corrected chi connectivity index (χ0v) is 16.6. The summed E-state index contributed by atoms with van der Waals surface area (Å²) < 4.78 is 15.7. The summed E-state index contributed by atoms with van der Waals surface area (Å²) in [6, 6.07) is 14.3. The third kappa shape index (κ3) is 5.16. The molecule has 0 aromatic heterocycles. The number of ketones is 1. The van der Waals surface area contributed by atoms with Crippen LogP contribution in [-0.2, 0) is 9.53 Å². The van der Waals surface area contributed by atoms with Crippen LogP contribution in [0, 0.1) is 0 Å². The Bertz CT molecular complexity index is 891. The van der Waals surface area contributed by atoms with Gasteiger partial charge in [0.25, 0.3) is 0 Å². The van der Waals surface area contributed by atoms with Crippen molar-refractivity contribution in [3.63, 3.8) is 0 Å². The number of rotatable bonds is 8. The number of amides is 1. The molecular formula is C23H25NO5. The van der Waals surface area contributed by atoms with Crippen LogP contribution in [0.1, 0.15) is 43.4 Å². The highest BCUT2D eigenvalue weighted by Crippen LogP contribution is 2.36. The number of benzene rings is 2. The largest absolute Gasteiger partial charge is 0.454 e. The minimum absolute atomic E-state index is 0.0187. The molecule has 1 amide bonds. The van der Waals surface area contributed by atoms with Crippen LogP contribution in [0.4, 0.5) is 4.79 Å². The van der Waals surface area contributed by atoms with Crippen LogP contribution in [0.25, 0.3) is 6.08 Å². The van der Waals surface area contributed by atoms with Crippen LogP contribution in [0.15, 0.2) is 54.1 Å². The Morgan fingerprint density at radius 2 is 1.90 bits per heavy atom. The zero-order chi connectivity index (χ0) is 20.6. The first-order valence-electron chi connectivity index (χ1n) is 9.66. The molecule has 0 bridgehead atoms. The van der Waals surface area contributed by atoms with Gasteiger partial charge in [-0.3, -0.25) is 4.79 Å². The van der Waals surface area contributed by atoms with Gasteiger partial charge in [0.05, 0.1) is 13.2 Å². The van der Waals surface area contributed by atoms with Crippen molar-refractivity contribution < 1.29 is 23.8 Å². The van der Waals surface area contributed by atoms with Crippen molar-refractivity contribution in [1.29, 1.82) is 0 Å². The zero-order valence-electron chi connectivity index (χ0n) is 16.6. The van der Waals surface area contributed by atoms with Gasteiger partial charge in [0.2, 0.25) is 6.79 Å². The summed E-state index contributed by atoms with van der Waals surface area (Å²) >= 11 is 0. The minimum atomic E-state index is -0.679. The summed E-state index contributed by atoms with van der Waals surface area (Å²) in [6.07, 6.45) is 3.29. The summed E-state index contributed by atoms with van der Waals surface area (Å²) in [5.41, 5.74) is 2.09. The van der Waals surface area contributed by atoms with Gasteiger partial charge >= 0.3 is 6.09 Å². The molecule has 3 rings (SSSR count). The molecule has 0 radical (unpaired) electrons. The van der Waals surface area contributed by atoms with Gasteiger partial charge in [-0.1, -0.05) is 49.7 Å². The van der Waals surface area contributed by atoms with Crippen molar-refractivity contribution in [2.75, 3.05) is 13.9 Å². The second kappa shape index (κ2) is 9.78. The Labute approximate surface area is 170 Å². The summed E-state index contributed by atoms with van der Waals surface area (Å²) in [6.45, 7) is 2.19. The number of carbonyl (C=O) groups excluding carboxylic acids is 2. The van der Waals surface area contributed by atoms with E-state index in [4.69, 9.17) is 14.2 Å². The number of ether oxygens (including phenoxy) is 3. The van der Waals surface area contributed by atoms with E-state index in [1.807, 2.05) is 49.4 Å². The van der Waals surface area contributed by atoms with Crippen molar-refractivity contribution in [2.45, 2.75) is 32.2 Å². The van der Waals surface area contributed by atoms with Gasteiger partial charge in [0.15, 0.2) is 17.3 Å². The predicted molar refractivity (Wildman–Crippen MR) is 110 cm³/mol. The smallest absolute Gasteiger partial charge is 0.407 e. The quantitative estimate of drug-likeness (QED) is 0.658. The Balaban J connectivity index is 2.05. The number of hydrogen-bond acceptors (Lipinski definition) is 5. The van der Waals surface area contributed by atoms with E-state index in [9.17, 15) is 9.59 Å². The van der Waals surface area contributed by atoms with Crippen molar-refractivity contribution in [3.8, 4) is 11.5 Å². The van der Waals surface area contributed by atoms with Gasteiger partial charge in [-0.25, -0.2) is 4.79 Å². The fourth-order valence-corrected chi connectivity index (χ4v) is 3.15. The molecule has 0 saturated carbocycles. The van der Waals surface area contributed by atoms with Crippen LogP contribution in [-0.4, -0.2) is 25.8 Å². The number of fused-ring (bicyclic) bond motifs is 1. The summed E-state index contributed by atoms with van der Waals surface area (Å²) in [7, 11) is 1.30. The van der Waals surface area contributed by atoms with Gasteiger partial charge in [0.1, 0.15) is 0 Å². The third-order valence-electron chi connectivity index (χ3n) is 4.69. The van der Waals surface area contributed by atoms with E-state index in [1.54, 1.807) is 12.1 Å². The molecule has 2 aromatic carbocycles. The molecule has 0 spiro atoms. The van der Waals surface area contributed by atoms with Crippen LogP contribution in [0.5, 0.6) is 11.5 Å². The number of carbonyl (C=O) groups is 2. The first kappa shape index (κ1) is 20.5. The van der Waals surface area contributed by atoms with E-state index in [0.29, 0.717) is 29.1 Å². The van der Waals surface area contributed by atoms with E-state index in [1.165, 1.54) is 7.11 Å². The number of hydrogen-bond donors (Lipinski definition) is 1. The second-order valence-electron chi connectivity index (χ2n) is 6.72. The van der Waals surface area contributed by atoms with Gasteiger partial charge < -0.3 is 19.5 Å². The summed E-state index contributed by atoms with van der Waals surface area (Å²) in [5.74, 6) is 1.20. The van der Waals surface area contributed by atoms with Crippen LogP contribution >= 0.6 is 0 Å². The lowest BCUT2D eigenvalue weighted by Gasteiger charge is -2.22. The van der Waals surface area contributed by atoms with E-state index in [-0.39, 0.29) is 12.6 Å². The average molecular weight is 395 g/mol. The van der Waals surface area contributed by atoms with Crippen LogP contribution < -0.4 is 14.8 Å². The maximum atomic E-state index is 13.1. The number of alkyl carbamates (subject to hydrolysis) is 1. The topological polar surface area (TPSA) is 73.9 Å². The average Bonchev–Trinajstić information content (AvgIpc) is 3.22. The maximum Gasteiger partial charge on any atom is 0.407 e. The molecule has 0 aliphatic carbocycles. The second-order valence-corrected chi connectivity index (χ2v) is 6.72. The van der Waals surface area contributed by atoms with Crippen molar-refractivity contribution in [2.24, 2.45) is 0 Å². The maximum absolute atomic E-state index is 13.1. The highest BCUT2D eigenvalue weighted by molar-refractivity contribution is 6.01. The lowest BCUT2D eigenvalue weighted by molar-refractivity contribution is -0.115. The van der Waals surface area contributed by atoms with Crippen LogP contribution in [0.2, 0.25) is 0 Å². The SMILES string of the molecule is CCCCC(=O)/C(=C/c1ccccc1)C(NC(=O)OC)c1ccc2c(c1)OCO2. The van der Waals surface area contributed by atoms with E-state index in [2.05, 4.69) is 5.32 Å². The number of methoxy groups -OCH3 is 1. The highest BCUT2D eigenvalue weighted by Gasteiger charge is 2.26. The molecule has 1 unspecified atom stereocenters. The normalized spacial score (nSPS) is 13.7. The summed E-state index contributed by atoms with van der Waals surface area (Å²) in [4.78, 5) is 25.2. The fraction of sp³-hybridized carbons (Fsp3) is 0.304. The standard InChI is InChI=1S/C23H25NO5/c1-3-4-10-19(25)18(13-16-8-6-5-7-9-16)22(24-23(26)27-2)17-11-12-20-21(14-17)29-15-28-20/h5-9,11-14,22H,3-4,10,15H2,1-2H3,(H,24,26)/b18-13-. The molecule has 152 valence electrons. The Hall–Kier alpha value is -3.28. The molecular weight excluding hydrogens is 370 g/mol. The first-order valence-corrected chi connectivity index (χ1v) is 9.66. The van der Waals surface area contributed by atoms with Gasteiger partial charge in [-0.05, 0) is 35.8 Å². The third-order valence-corrected chi connectivity index (χ3v) is 4.69. The van der Waals surface area contributed by atoms with Crippen LogP contribution in [0.3, 0.4) is 0 Å². The molecule has 2 aromatic rings. The molecule has 1 atom stereocenters. The molecule has 6 heteroatoms. The van der Waals surface area contributed by atoms with E-state index >= 15 is 0 Å². The number of unbranched alkanes of at least 4 members (excludes halogenated alkanes) is 1. The molecule has 6 nitrogen and oxygen atoms in total. The monoisotopic (exact) mass is 395 g/mol. The van der Waals surface area contributed by atoms with Gasteiger partial charge in [-0.15, -0.1) is 0 Å². The molecule has 0 saturated heterocycles. The Morgan fingerprint density at radius 3 is 2.62 bits per heavy atom. The van der Waals surface area contributed by atoms with Gasteiger partial charge in [0, 0.05) is 12.0 Å². The molecule has 29 heavy (non-hydrogen) atoms. The van der Waals surface area contributed by atoms with E-state index < -0.39 is 12.1 Å². The lowest BCUT2D eigenvalue weighted by atomic mass is 9.91.